The third-order valence-corrected chi connectivity index (χ3v) is 9.46. The summed E-state index contributed by atoms with van der Waals surface area (Å²) >= 11 is 0. The van der Waals surface area contributed by atoms with Gasteiger partial charge in [-0.05, 0) is 131 Å². The SMILES string of the molecule is CC(=O)N[C@@H](CCCCN)C(=O)Nc1ccc(C(c2ccc(NC(=O)[C@H](CCCCN)NC(C)=O)cc2)c2ccc(NC(=O)[C@H](CCCCN)NC(C)=O)cc2)cc1. The third kappa shape index (κ3) is 16.1. The Balaban J connectivity index is 1.91. The molecule has 3 atom stereocenters. The molecule has 0 saturated heterocycles. The maximum Gasteiger partial charge on any atom is 0.246 e. The first kappa shape index (κ1) is 46.7. The van der Waals surface area contributed by atoms with E-state index in [4.69, 9.17) is 17.2 Å². The number of amides is 6. The number of hydrogen-bond acceptors (Lipinski definition) is 9. The van der Waals surface area contributed by atoms with Crippen LogP contribution < -0.4 is 49.1 Å². The molecule has 0 aliphatic rings. The normalized spacial score (nSPS) is 12.5. The third-order valence-electron chi connectivity index (χ3n) is 9.46. The van der Waals surface area contributed by atoms with Gasteiger partial charge in [-0.25, -0.2) is 0 Å². The fourth-order valence-electron chi connectivity index (χ4n) is 6.56. The Morgan fingerprint density at radius 1 is 0.414 bits per heavy atom. The van der Waals surface area contributed by atoms with Gasteiger partial charge >= 0.3 is 0 Å². The van der Waals surface area contributed by atoms with Gasteiger partial charge in [0.25, 0.3) is 0 Å². The Morgan fingerprint density at radius 2 is 0.655 bits per heavy atom. The summed E-state index contributed by atoms with van der Waals surface area (Å²) < 4.78 is 0. The fourth-order valence-corrected chi connectivity index (χ4v) is 6.56. The number of rotatable bonds is 24. The zero-order valence-corrected chi connectivity index (χ0v) is 33.9. The van der Waals surface area contributed by atoms with Gasteiger partial charge in [0.1, 0.15) is 18.1 Å². The van der Waals surface area contributed by atoms with Crippen LogP contribution in [0.1, 0.15) is 101 Å². The van der Waals surface area contributed by atoms with Gasteiger partial charge in [-0.1, -0.05) is 36.4 Å². The molecule has 0 bridgehead atoms. The van der Waals surface area contributed by atoms with E-state index in [9.17, 15) is 28.8 Å². The molecule has 0 saturated carbocycles. The average Bonchev–Trinajstić information content (AvgIpc) is 3.18. The second-order valence-corrected chi connectivity index (χ2v) is 14.4. The van der Waals surface area contributed by atoms with E-state index in [0.29, 0.717) is 75.2 Å². The number of carbonyl (C=O) groups excluding carboxylic acids is 6. The van der Waals surface area contributed by atoms with Gasteiger partial charge in [0.15, 0.2) is 0 Å². The molecular weight excluding hydrogens is 739 g/mol. The van der Waals surface area contributed by atoms with E-state index in [-0.39, 0.29) is 41.4 Å². The van der Waals surface area contributed by atoms with Crippen LogP contribution in [-0.4, -0.2) is 73.2 Å². The zero-order valence-electron chi connectivity index (χ0n) is 33.9. The molecule has 6 amide bonds. The predicted octanol–water partition coefficient (Wildman–Crippen LogP) is 3.58. The first-order chi connectivity index (χ1) is 27.8. The van der Waals surface area contributed by atoms with Gasteiger partial charge in [-0.3, -0.25) is 28.8 Å². The van der Waals surface area contributed by atoms with Crippen molar-refractivity contribution >= 4 is 52.5 Å². The lowest BCUT2D eigenvalue weighted by atomic mass is 9.85. The van der Waals surface area contributed by atoms with Crippen LogP contribution in [0.15, 0.2) is 72.8 Å². The zero-order chi connectivity index (χ0) is 42.5. The van der Waals surface area contributed by atoms with Gasteiger partial charge < -0.3 is 49.1 Å². The summed E-state index contributed by atoms with van der Waals surface area (Å²) in [4.78, 5) is 75.0. The second-order valence-electron chi connectivity index (χ2n) is 14.4. The van der Waals surface area contributed by atoms with Crippen LogP contribution in [0.4, 0.5) is 17.1 Å². The van der Waals surface area contributed by atoms with Crippen molar-refractivity contribution in [3.8, 4) is 0 Å². The summed E-state index contributed by atoms with van der Waals surface area (Å²) in [6.07, 6.45) is 5.65. The predicted molar refractivity (Wildman–Crippen MR) is 228 cm³/mol. The van der Waals surface area contributed by atoms with E-state index < -0.39 is 18.1 Å². The first-order valence-corrected chi connectivity index (χ1v) is 20.0. The van der Waals surface area contributed by atoms with Gasteiger partial charge in [0, 0.05) is 43.8 Å². The number of anilines is 3. The van der Waals surface area contributed by atoms with E-state index in [1.807, 2.05) is 36.4 Å². The van der Waals surface area contributed by atoms with E-state index in [0.717, 1.165) is 36.0 Å². The number of nitrogens with two attached hydrogens (primary N) is 3. The van der Waals surface area contributed by atoms with Crippen molar-refractivity contribution in [1.29, 1.82) is 0 Å². The van der Waals surface area contributed by atoms with Crippen LogP contribution in [0.2, 0.25) is 0 Å². The number of unbranched alkanes of at least 4 members (excludes halogenated alkanes) is 3. The molecule has 3 aromatic carbocycles. The lowest BCUT2D eigenvalue weighted by Gasteiger charge is -2.22. The number of carbonyl (C=O) groups is 6. The quantitative estimate of drug-likeness (QED) is 0.0474. The summed E-state index contributed by atoms with van der Waals surface area (Å²) in [6, 6.07) is 20.1. The highest BCUT2D eigenvalue weighted by Gasteiger charge is 2.23. The summed E-state index contributed by atoms with van der Waals surface area (Å²) in [7, 11) is 0. The van der Waals surface area contributed by atoms with Crippen molar-refractivity contribution < 1.29 is 28.8 Å². The standard InChI is InChI=1S/C43H61N9O6/c1-28(53)47-37(10-4-7-25-44)41(56)50-34-19-13-31(14-20-34)40(32-15-21-35(22-16-32)51-42(57)38(48-29(2)54)11-5-8-26-45)33-17-23-36(24-18-33)52-43(58)39(49-30(3)55)12-6-9-27-46/h13-24,37-40H,4-12,25-27,44-46H2,1-3H3,(H,47,53)(H,48,54)(H,49,55)(H,50,56)(H,51,57)(H,52,58)/t37-,38-,39-/m0/s1. The molecule has 0 aliphatic carbocycles. The van der Waals surface area contributed by atoms with Crippen molar-refractivity contribution in [3.05, 3.63) is 89.5 Å². The first-order valence-electron chi connectivity index (χ1n) is 20.0. The number of nitrogens with one attached hydrogen (secondary N) is 6. The van der Waals surface area contributed by atoms with Gasteiger partial charge in [-0.15, -0.1) is 0 Å². The Kier molecular flexibility index (Phi) is 20.0. The summed E-state index contributed by atoms with van der Waals surface area (Å²) in [5.74, 6) is -2.19. The van der Waals surface area contributed by atoms with Crippen molar-refractivity contribution in [2.24, 2.45) is 17.2 Å². The molecule has 0 fully saturated rings. The largest absolute Gasteiger partial charge is 0.345 e. The maximum absolute atomic E-state index is 13.2. The highest BCUT2D eigenvalue weighted by Crippen LogP contribution is 2.34. The molecule has 0 radical (unpaired) electrons. The average molecular weight is 800 g/mol. The summed E-state index contributed by atoms with van der Waals surface area (Å²) in [6.45, 7) is 5.61. The highest BCUT2D eigenvalue weighted by molar-refractivity contribution is 5.98. The van der Waals surface area contributed by atoms with Crippen molar-refractivity contribution in [1.82, 2.24) is 16.0 Å². The molecule has 58 heavy (non-hydrogen) atoms. The van der Waals surface area contributed by atoms with Crippen LogP contribution in [-0.2, 0) is 28.8 Å². The molecule has 314 valence electrons. The van der Waals surface area contributed by atoms with Crippen LogP contribution in [0, 0.1) is 0 Å². The minimum Gasteiger partial charge on any atom is -0.345 e. The molecule has 0 aromatic heterocycles. The van der Waals surface area contributed by atoms with E-state index >= 15 is 0 Å². The van der Waals surface area contributed by atoms with Gasteiger partial charge in [0.05, 0.1) is 0 Å². The van der Waals surface area contributed by atoms with E-state index in [2.05, 4.69) is 31.9 Å². The van der Waals surface area contributed by atoms with Gasteiger partial charge in [0.2, 0.25) is 35.4 Å². The Labute approximate surface area is 341 Å². The van der Waals surface area contributed by atoms with Crippen molar-refractivity contribution in [3.63, 3.8) is 0 Å². The van der Waals surface area contributed by atoms with Crippen molar-refractivity contribution in [2.45, 2.75) is 103 Å². The molecule has 12 N–H and O–H groups in total. The summed E-state index contributed by atoms with van der Waals surface area (Å²) in [5, 5.41) is 16.9. The number of hydrogen-bond donors (Lipinski definition) is 9. The topological polar surface area (TPSA) is 253 Å². The Morgan fingerprint density at radius 3 is 0.862 bits per heavy atom. The van der Waals surface area contributed by atoms with Crippen LogP contribution in [0.3, 0.4) is 0 Å². The molecule has 15 nitrogen and oxygen atoms in total. The van der Waals surface area contributed by atoms with Crippen LogP contribution >= 0.6 is 0 Å². The monoisotopic (exact) mass is 799 g/mol. The fraction of sp³-hybridized carbons (Fsp3) is 0.442. The molecular formula is C43H61N9O6. The molecule has 0 heterocycles. The smallest absolute Gasteiger partial charge is 0.246 e. The van der Waals surface area contributed by atoms with Crippen LogP contribution in [0.5, 0.6) is 0 Å². The maximum atomic E-state index is 13.2. The lowest BCUT2D eigenvalue weighted by Crippen LogP contribution is -2.42. The second kappa shape index (κ2) is 24.9. The minimum absolute atomic E-state index is 0.299. The molecule has 0 spiro atoms. The minimum atomic E-state index is -0.701. The molecule has 3 aromatic rings. The number of benzene rings is 3. The molecule has 0 unspecified atom stereocenters. The molecule has 15 heteroatoms. The Bertz CT molecular complexity index is 1580. The van der Waals surface area contributed by atoms with Gasteiger partial charge in [-0.2, -0.15) is 0 Å². The van der Waals surface area contributed by atoms with Crippen molar-refractivity contribution in [2.75, 3.05) is 35.6 Å². The van der Waals surface area contributed by atoms with E-state index in [1.165, 1.54) is 20.8 Å². The Hall–Kier alpha value is -5.64. The lowest BCUT2D eigenvalue weighted by molar-refractivity contribution is -0.125. The highest BCUT2D eigenvalue weighted by atomic mass is 16.2. The molecule has 0 aliphatic heterocycles. The summed E-state index contributed by atoms with van der Waals surface area (Å²) in [5.41, 5.74) is 21.2. The molecule has 3 rings (SSSR count). The van der Waals surface area contributed by atoms with E-state index in [1.54, 1.807) is 36.4 Å². The van der Waals surface area contributed by atoms with Crippen LogP contribution in [0.25, 0.3) is 0 Å².